The molecule has 4 heteroatoms. The molecule has 0 atom stereocenters. The molecule has 0 radical (unpaired) electrons. The smallest absolute Gasteiger partial charge is 0.164 e. The van der Waals surface area contributed by atoms with Crippen molar-refractivity contribution in [3.63, 3.8) is 0 Å². The molecule has 17 rings (SSSR count). The first-order valence-electron chi connectivity index (χ1n) is 33.9. The molecule has 0 N–H and O–H groups in total. The molecular formula is C95H66N4. The van der Waals surface area contributed by atoms with Gasteiger partial charge >= 0.3 is 0 Å². The van der Waals surface area contributed by atoms with Crippen LogP contribution in [0.4, 0.5) is 0 Å². The third-order valence-electron chi connectivity index (χ3n) is 19.4. The highest BCUT2D eigenvalue weighted by atomic mass is 15.0. The Hall–Kier alpha value is -12.9. The molecule has 0 bridgehead atoms. The van der Waals surface area contributed by atoms with Crippen LogP contribution in [0.5, 0.6) is 0 Å². The van der Waals surface area contributed by atoms with Crippen LogP contribution >= 0.6 is 0 Å². The van der Waals surface area contributed by atoms with Crippen LogP contribution in [-0.4, -0.2) is 19.5 Å². The molecule has 0 saturated carbocycles. The van der Waals surface area contributed by atoms with Crippen LogP contribution in [0.3, 0.4) is 0 Å². The van der Waals surface area contributed by atoms with Gasteiger partial charge in [0.15, 0.2) is 17.5 Å². The van der Waals surface area contributed by atoms with Crippen molar-refractivity contribution in [1.82, 2.24) is 19.5 Å². The van der Waals surface area contributed by atoms with E-state index >= 15 is 0 Å². The minimum absolute atomic E-state index is 0.593. The van der Waals surface area contributed by atoms with E-state index in [-0.39, 0.29) is 0 Å². The first kappa shape index (κ1) is 59.8. The molecule has 14 aromatic carbocycles. The maximum atomic E-state index is 5.26. The Morgan fingerprint density at radius 3 is 1.12 bits per heavy atom. The molecule has 0 fully saturated rings. The van der Waals surface area contributed by atoms with Crippen molar-refractivity contribution in [2.75, 3.05) is 0 Å². The number of hydrogen-bond acceptors (Lipinski definition) is 3. The van der Waals surface area contributed by atoms with E-state index in [2.05, 4.69) is 369 Å². The minimum Gasteiger partial charge on any atom is -0.337 e. The van der Waals surface area contributed by atoms with Gasteiger partial charge in [-0.05, 0) is 177 Å². The van der Waals surface area contributed by atoms with Crippen LogP contribution in [0.2, 0.25) is 0 Å². The number of allylic oxidation sites excluding steroid dienone is 4. The van der Waals surface area contributed by atoms with E-state index in [0.29, 0.717) is 24.0 Å². The van der Waals surface area contributed by atoms with Crippen LogP contribution in [-0.2, 0) is 13.0 Å². The van der Waals surface area contributed by atoms with Crippen LogP contribution < -0.4 is 0 Å². The van der Waals surface area contributed by atoms with Gasteiger partial charge < -0.3 is 4.57 Å². The second-order valence-electron chi connectivity index (χ2n) is 25.5. The monoisotopic (exact) mass is 1260 g/mol. The van der Waals surface area contributed by atoms with E-state index in [4.69, 9.17) is 15.0 Å². The number of fused-ring (bicyclic) bond motifs is 6. The van der Waals surface area contributed by atoms with E-state index in [1.54, 1.807) is 0 Å². The topological polar surface area (TPSA) is 43.6 Å². The largest absolute Gasteiger partial charge is 0.337 e. The summed E-state index contributed by atoms with van der Waals surface area (Å²) in [5, 5.41) is 2.52. The molecule has 2 heterocycles. The van der Waals surface area contributed by atoms with Gasteiger partial charge in [0.2, 0.25) is 0 Å². The lowest BCUT2D eigenvalue weighted by Crippen LogP contribution is -2.00. The lowest BCUT2D eigenvalue weighted by molar-refractivity contribution is 0.900. The van der Waals surface area contributed by atoms with Crippen molar-refractivity contribution in [2.45, 2.75) is 13.0 Å². The Bertz CT molecular complexity index is 5740. The highest BCUT2D eigenvalue weighted by molar-refractivity contribution is 6.08. The predicted molar refractivity (Wildman–Crippen MR) is 415 cm³/mol. The molecule has 99 heavy (non-hydrogen) atoms. The maximum Gasteiger partial charge on any atom is 0.164 e. The Balaban J connectivity index is 0.674. The molecule has 0 saturated heterocycles. The molecule has 4 nitrogen and oxygen atoms in total. The average molecular weight is 1260 g/mol. The van der Waals surface area contributed by atoms with Crippen LogP contribution in [0, 0.1) is 0 Å². The molecule has 0 aliphatic heterocycles. The summed E-state index contributed by atoms with van der Waals surface area (Å²) in [6.07, 6.45) is 7.48. The van der Waals surface area contributed by atoms with Crippen molar-refractivity contribution in [1.29, 1.82) is 0 Å². The highest BCUT2D eigenvalue weighted by Crippen LogP contribution is 2.40. The van der Waals surface area contributed by atoms with Crippen LogP contribution in [0.25, 0.3) is 162 Å². The van der Waals surface area contributed by atoms with Gasteiger partial charge in [-0.15, -0.1) is 0 Å². The fraction of sp³-hybridized carbons (Fsp3) is 0.0211. The van der Waals surface area contributed by atoms with Gasteiger partial charge in [0.25, 0.3) is 0 Å². The zero-order valence-corrected chi connectivity index (χ0v) is 54.6. The zero-order chi connectivity index (χ0) is 66.0. The average Bonchev–Trinajstić information content (AvgIpc) is 1.62. The van der Waals surface area contributed by atoms with E-state index in [1.165, 1.54) is 83.0 Å². The Kier molecular flexibility index (Phi) is 15.9. The number of hydrogen-bond donors (Lipinski definition) is 0. The zero-order valence-electron chi connectivity index (χ0n) is 54.6. The summed E-state index contributed by atoms with van der Waals surface area (Å²) in [5.74, 6) is 1.78. The Morgan fingerprint density at radius 2 is 0.646 bits per heavy atom. The summed E-state index contributed by atoms with van der Waals surface area (Å²) in [5.41, 5.74) is 31.1. The fourth-order valence-electron chi connectivity index (χ4n) is 14.3. The second kappa shape index (κ2) is 26.4. The first-order chi connectivity index (χ1) is 49.0. The fourth-order valence-corrected chi connectivity index (χ4v) is 14.3. The van der Waals surface area contributed by atoms with Crippen LogP contribution in [0.1, 0.15) is 22.3 Å². The second-order valence-corrected chi connectivity index (χ2v) is 25.5. The van der Waals surface area contributed by atoms with E-state index < -0.39 is 0 Å². The molecule has 1 aliphatic rings. The summed E-state index contributed by atoms with van der Waals surface area (Å²) >= 11 is 0. The number of benzene rings is 14. The maximum absolute atomic E-state index is 5.26. The highest BCUT2D eigenvalue weighted by Gasteiger charge is 2.19. The van der Waals surface area contributed by atoms with Gasteiger partial charge in [-0.25, -0.2) is 15.0 Å². The SMILES string of the molecule is C=C/C(=C\Cn1c2ccccc2c2ccccc21)c1cccc(-c2ccc(-c3nc(-c4ccc(-c5cccc(-c6cccc(C7=Cc8ccccc8-c8ccccc8C7)c6)c5)cc4)nc(-c4ccc(-c5cccc(-c6cccc(-c7cccc(-c8ccccc8)c7)c6)c5)cc4)n3)cc2)c1. The minimum atomic E-state index is 0.593. The molecule has 0 spiro atoms. The third-order valence-corrected chi connectivity index (χ3v) is 19.4. The summed E-state index contributed by atoms with van der Waals surface area (Å²) in [4.78, 5) is 15.8. The summed E-state index contributed by atoms with van der Waals surface area (Å²) in [7, 11) is 0. The Labute approximate surface area is 577 Å². The number of nitrogens with zero attached hydrogens (tertiary/aromatic N) is 4. The molecule has 0 unspecified atom stereocenters. The van der Waals surface area contributed by atoms with Gasteiger partial charge in [0.1, 0.15) is 0 Å². The lowest BCUT2D eigenvalue weighted by atomic mass is 9.93. The molecule has 1 aliphatic carbocycles. The van der Waals surface area contributed by atoms with E-state index in [0.717, 1.165) is 84.3 Å². The summed E-state index contributed by atoms with van der Waals surface area (Å²) in [6, 6.07) is 124. The predicted octanol–water partition coefficient (Wildman–Crippen LogP) is 24.7. The van der Waals surface area contributed by atoms with Gasteiger partial charge in [0.05, 0.1) is 0 Å². The molecular weight excluding hydrogens is 1200 g/mol. The summed E-state index contributed by atoms with van der Waals surface area (Å²) in [6.45, 7) is 4.99. The number of aromatic nitrogens is 4. The van der Waals surface area contributed by atoms with Gasteiger partial charge in [-0.3, -0.25) is 0 Å². The van der Waals surface area contributed by atoms with Crippen molar-refractivity contribution in [3.05, 3.63) is 387 Å². The molecule has 0 amide bonds. The van der Waals surface area contributed by atoms with Crippen molar-refractivity contribution < 1.29 is 0 Å². The van der Waals surface area contributed by atoms with Crippen molar-refractivity contribution in [2.24, 2.45) is 0 Å². The number of para-hydroxylation sites is 2. The number of rotatable bonds is 15. The van der Waals surface area contributed by atoms with Gasteiger partial charge in [-0.2, -0.15) is 0 Å². The lowest BCUT2D eigenvalue weighted by Gasteiger charge is -2.12. The summed E-state index contributed by atoms with van der Waals surface area (Å²) < 4.78 is 2.39. The quantitative estimate of drug-likeness (QED) is 0.0961. The molecule has 2 aromatic heterocycles. The van der Waals surface area contributed by atoms with E-state index in [9.17, 15) is 0 Å². The van der Waals surface area contributed by atoms with E-state index in [1.807, 2.05) is 6.08 Å². The molecule has 466 valence electrons. The first-order valence-corrected chi connectivity index (χ1v) is 33.9. The Morgan fingerprint density at radius 1 is 0.303 bits per heavy atom. The van der Waals surface area contributed by atoms with Crippen molar-refractivity contribution in [3.8, 4) is 123 Å². The third kappa shape index (κ3) is 12.1. The van der Waals surface area contributed by atoms with Crippen molar-refractivity contribution >= 4 is 39.0 Å². The molecule has 16 aromatic rings. The van der Waals surface area contributed by atoms with Gasteiger partial charge in [0, 0.05) is 45.0 Å². The van der Waals surface area contributed by atoms with Crippen LogP contribution in [0.15, 0.2) is 365 Å². The normalized spacial score (nSPS) is 12.0. The standard InChI is InChI=1S/C95H66N4/c1-2-64(54-55-99-91-40-12-10-38-89(91)90-39-11-13-41-92(90)99)72-24-14-26-74(56-72)66-42-48-69(49-43-66)93-96-94(70-50-44-67(45-51-70)75-27-16-30-78(58-75)81-33-18-32-80(60-81)77-29-15-25-73(57-77)65-20-4-3-5-21-65)98-95(97-93)71-52-46-68(47-53-71)76-28-17-31-79(59-76)82-34-19-35-83(61-82)86-62-84-22-6-8-36-87(84)88-37-9-7-23-85(88)63-86/h2-54,56-62H,1,55,63H2/b64-54+. The van der Waals surface area contributed by atoms with Gasteiger partial charge in [-0.1, -0.05) is 322 Å².